The lowest BCUT2D eigenvalue weighted by atomic mass is 9.99. The summed E-state index contributed by atoms with van der Waals surface area (Å²) in [6, 6.07) is 7.21. The molecule has 0 unspecified atom stereocenters. The summed E-state index contributed by atoms with van der Waals surface area (Å²) in [5.74, 6) is 1.02. The van der Waals surface area contributed by atoms with Gasteiger partial charge >= 0.3 is 0 Å². The molecule has 0 bridgehead atoms. The van der Waals surface area contributed by atoms with Gasteiger partial charge in [0.25, 0.3) is 5.56 Å². The summed E-state index contributed by atoms with van der Waals surface area (Å²) in [5, 5.41) is 12.0. The predicted molar refractivity (Wildman–Crippen MR) is 107 cm³/mol. The largest absolute Gasteiger partial charge is 0.494 e. The van der Waals surface area contributed by atoms with Gasteiger partial charge in [0.05, 0.1) is 18.9 Å². The first-order valence-corrected chi connectivity index (χ1v) is 9.23. The molecule has 1 aromatic heterocycles. The number of pyridine rings is 1. The number of carbonyl (C=O) groups excluding carboxylic acids is 1. The Balaban J connectivity index is 2.16. The van der Waals surface area contributed by atoms with Crippen LogP contribution >= 0.6 is 0 Å². The van der Waals surface area contributed by atoms with Gasteiger partial charge in [0.2, 0.25) is 5.91 Å². The van der Waals surface area contributed by atoms with Gasteiger partial charge in [-0.2, -0.15) is 5.26 Å². The van der Waals surface area contributed by atoms with E-state index < -0.39 is 5.56 Å². The highest BCUT2D eigenvalue weighted by Gasteiger charge is 2.15. The molecule has 148 valence electrons. The second kappa shape index (κ2) is 9.60. The summed E-state index contributed by atoms with van der Waals surface area (Å²) in [5.41, 5.74) is 2.32. The number of carbonyl (C=O) groups is 1. The summed E-state index contributed by atoms with van der Waals surface area (Å²) < 4.78 is 11.1. The maximum atomic E-state index is 12.5. The van der Waals surface area contributed by atoms with Gasteiger partial charge in [-0.05, 0) is 57.4 Å². The molecule has 0 fully saturated rings. The minimum Gasteiger partial charge on any atom is -0.494 e. The van der Waals surface area contributed by atoms with Crippen molar-refractivity contribution in [1.82, 2.24) is 4.98 Å². The van der Waals surface area contributed by atoms with Crippen molar-refractivity contribution in [3.8, 4) is 17.6 Å². The Hall–Kier alpha value is -3.27. The summed E-state index contributed by atoms with van der Waals surface area (Å²) in [4.78, 5) is 27.0. The zero-order valence-corrected chi connectivity index (χ0v) is 16.6. The van der Waals surface area contributed by atoms with Crippen LogP contribution in [0.15, 0.2) is 23.0 Å². The number of aryl methyl sites for hydroxylation is 1. The Morgan fingerprint density at radius 1 is 1.21 bits per heavy atom. The van der Waals surface area contributed by atoms with Crippen LogP contribution in [0.1, 0.15) is 42.7 Å². The molecule has 2 rings (SSSR count). The van der Waals surface area contributed by atoms with E-state index in [1.54, 1.807) is 32.0 Å². The number of nitrogens with zero attached hydrogens (tertiary/aromatic N) is 1. The van der Waals surface area contributed by atoms with Crippen molar-refractivity contribution in [3.63, 3.8) is 0 Å². The van der Waals surface area contributed by atoms with Crippen LogP contribution in [0.25, 0.3) is 0 Å². The molecular formula is C21H25N3O4. The fourth-order valence-corrected chi connectivity index (χ4v) is 3.02. The molecule has 0 radical (unpaired) electrons. The molecule has 0 saturated heterocycles. The van der Waals surface area contributed by atoms with E-state index in [4.69, 9.17) is 14.7 Å². The highest BCUT2D eigenvalue weighted by molar-refractivity contribution is 5.92. The highest BCUT2D eigenvalue weighted by atomic mass is 16.5. The molecule has 0 aliphatic carbocycles. The Bertz CT molecular complexity index is 957. The first-order chi connectivity index (χ1) is 13.4. The van der Waals surface area contributed by atoms with Crippen molar-refractivity contribution in [2.45, 2.75) is 40.5 Å². The fourth-order valence-electron chi connectivity index (χ4n) is 3.02. The molecule has 2 N–H and O–H groups in total. The Labute approximate surface area is 164 Å². The van der Waals surface area contributed by atoms with Gasteiger partial charge < -0.3 is 19.8 Å². The molecule has 0 spiro atoms. The van der Waals surface area contributed by atoms with E-state index in [1.807, 2.05) is 19.9 Å². The number of nitriles is 1. The molecule has 1 aromatic carbocycles. The van der Waals surface area contributed by atoms with Gasteiger partial charge in [-0.1, -0.05) is 0 Å². The average molecular weight is 383 g/mol. The van der Waals surface area contributed by atoms with E-state index >= 15 is 0 Å². The molecular weight excluding hydrogens is 358 g/mol. The van der Waals surface area contributed by atoms with Crippen molar-refractivity contribution in [1.29, 1.82) is 5.26 Å². The number of anilines is 1. The number of rotatable bonds is 8. The van der Waals surface area contributed by atoms with E-state index in [9.17, 15) is 9.59 Å². The molecule has 1 heterocycles. The van der Waals surface area contributed by atoms with Crippen LogP contribution < -0.4 is 20.3 Å². The van der Waals surface area contributed by atoms with Gasteiger partial charge in [-0.25, -0.2) is 0 Å². The smallest absolute Gasteiger partial charge is 0.266 e. The minimum absolute atomic E-state index is 0.0871. The first kappa shape index (κ1) is 21.0. The number of amides is 1. The number of aromatic nitrogens is 1. The highest BCUT2D eigenvalue weighted by Crippen LogP contribution is 2.29. The third-order valence-electron chi connectivity index (χ3n) is 4.36. The minimum atomic E-state index is -0.403. The van der Waals surface area contributed by atoms with Gasteiger partial charge in [0.15, 0.2) is 0 Å². The number of ether oxygens (including phenoxy) is 2. The van der Waals surface area contributed by atoms with Crippen LogP contribution in [-0.4, -0.2) is 24.1 Å². The number of hydrogen-bond acceptors (Lipinski definition) is 5. The molecule has 0 saturated carbocycles. The zero-order valence-electron chi connectivity index (χ0n) is 16.6. The van der Waals surface area contributed by atoms with Crippen molar-refractivity contribution in [3.05, 3.63) is 50.9 Å². The maximum Gasteiger partial charge on any atom is 0.266 e. The standard InChI is InChI=1S/C21H25N3O4/c1-5-27-15-7-9-19(28-6-2)18(11-15)24-20(25)10-8-16-13(3)17(12-22)21(26)23-14(16)4/h7,9,11H,5-6,8,10H2,1-4H3,(H,23,26)(H,24,25). The van der Waals surface area contributed by atoms with E-state index in [0.717, 1.165) is 5.56 Å². The van der Waals surface area contributed by atoms with Gasteiger partial charge in [0, 0.05) is 18.2 Å². The van der Waals surface area contributed by atoms with Gasteiger partial charge in [0.1, 0.15) is 23.1 Å². The molecule has 7 heteroatoms. The summed E-state index contributed by atoms with van der Waals surface area (Å²) >= 11 is 0. The number of benzene rings is 1. The molecule has 0 aliphatic rings. The van der Waals surface area contributed by atoms with E-state index in [0.29, 0.717) is 48.1 Å². The molecule has 1 amide bonds. The lowest BCUT2D eigenvalue weighted by molar-refractivity contribution is -0.116. The number of H-pyrrole nitrogens is 1. The van der Waals surface area contributed by atoms with Gasteiger partial charge in [-0.15, -0.1) is 0 Å². The van der Waals surface area contributed by atoms with Crippen LogP contribution in [0.5, 0.6) is 11.5 Å². The number of hydrogen-bond donors (Lipinski definition) is 2. The molecule has 0 aliphatic heterocycles. The van der Waals surface area contributed by atoms with Crippen molar-refractivity contribution < 1.29 is 14.3 Å². The SMILES string of the molecule is CCOc1ccc(OCC)c(NC(=O)CCc2c(C)[nH]c(=O)c(C#N)c2C)c1. The normalized spacial score (nSPS) is 10.2. The van der Waals surface area contributed by atoms with E-state index in [-0.39, 0.29) is 17.9 Å². The average Bonchev–Trinajstić information content (AvgIpc) is 2.64. The van der Waals surface area contributed by atoms with Crippen LogP contribution in [0.2, 0.25) is 0 Å². The fraction of sp³-hybridized carbons (Fsp3) is 0.381. The maximum absolute atomic E-state index is 12.5. The summed E-state index contributed by atoms with van der Waals surface area (Å²) in [7, 11) is 0. The third kappa shape index (κ3) is 4.92. The Morgan fingerprint density at radius 2 is 1.93 bits per heavy atom. The second-order valence-corrected chi connectivity index (χ2v) is 6.24. The summed E-state index contributed by atoms with van der Waals surface area (Å²) in [6.07, 6.45) is 0.604. The number of aromatic amines is 1. The third-order valence-corrected chi connectivity index (χ3v) is 4.36. The van der Waals surface area contributed by atoms with Crippen LogP contribution in [0.4, 0.5) is 5.69 Å². The lowest BCUT2D eigenvalue weighted by Crippen LogP contribution is -2.18. The molecule has 7 nitrogen and oxygen atoms in total. The summed E-state index contributed by atoms with van der Waals surface area (Å²) in [6.45, 7) is 8.25. The quantitative estimate of drug-likeness (QED) is 0.728. The van der Waals surface area contributed by atoms with Crippen LogP contribution in [0.3, 0.4) is 0 Å². The van der Waals surface area contributed by atoms with Crippen LogP contribution in [0, 0.1) is 25.2 Å². The van der Waals surface area contributed by atoms with Crippen molar-refractivity contribution >= 4 is 11.6 Å². The molecule has 0 atom stereocenters. The van der Waals surface area contributed by atoms with Crippen LogP contribution in [-0.2, 0) is 11.2 Å². The lowest BCUT2D eigenvalue weighted by Gasteiger charge is -2.14. The van der Waals surface area contributed by atoms with E-state index in [2.05, 4.69) is 10.3 Å². The first-order valence-electron chi connectivity index (χ1n) is 9.23. The molecule has 2 aromatic rings. The van der Waals surface area contributed by atoms with E-state index in [1.165, 1.54) is 0 Å². The Kier molecular flexibility index (Phi) is 7.21. The monoisotopic (exact) mass is 383 g/mol. The molecule has 28 heavy (non-hydrogen) atoms. The second-order valence-electron chi connectivity index (χ2n) is 6.24. The topological polar surface area (TPSA) is 104 Å². The number of nitrogens with one attached hydrogen (secondary N) is 2. The Morgan fingerprint density at radius 3 is 2.57 bits per heavy atom. The van der Waals surface area contributed by atoms with Crippen molar-refractivity contribution in [2.24, 2.45) is 0 Å². The predicted octanol–water partition coefficient (Wildman–Crippen LogP) is 3.23. The van der Waals surface area contributed by atoms with Crippen molar-refractivity contribution in [2.75, 3.05) is 18.5 Å². The zero-order chi connectivity index (χ0) is 20.7. The van der Waals surface area contributed by atoms with Gasteiger partial charge in [-0.3, -0.25) is 9.59 Å².